The second-order valence-corrected chi connectivity index (χ2v) is 6.21. The molecule has 3 nitrogen and oxygen atoms in total. The summed E-state index contributed by atoms with van der Waals surface area (Å²) in [5, 5.41) is -0.280. The second-order valence-electron chi connectivity index (χ2n) is 3.87. The molecule has 0 saturated carbocycles. The Labute approximate surface area is 74.3 Å². The Morgan fingerprint density at radius 1 is 1.42 bits per heavy atom. The lowest BCUT2D eigenvalue weighted by molar-refractivity contribution is 0.455. The number of sulfone groups is 1. The van der Waals surface area contributed by atoms with Crippen molar-refractivity contribution in [3.63, 3.8) is 0 Å². The van der Waals surface area contributed by atoms with E-state index in [0.29, 0.717) is 5.75 Å². The summed E-state index contributed by atoms with van der Waals surface area (Å²) in [5.74, 6) is 0.584. The molecule has 1 rings (SSSR count). The van der Waals surface area contributed by atoms with E-state index in [4.69, 9.17) is 5.73 Å². The van der Waals surface area contributed by atoms with Gasteiger partial charge in [0.2, 0.25) is 0 Å². The van der Waals surface area contributed by atoms with E-state index in [0.717, 1.165) is 12.8 Å². The van der Waals surface area contributed by atoms with E-state index in [1.54, 1.807) is 0 Å². The smallest absolute Gasteiger partial charge is 0.154 e. The Hall–Kier alpha value is -0.0900. The number of rotatable bonds is 2. The van der Waals surface area contributed by atoms with Crippen molar-refractivity contribution < 1.29 is 8.42 Å². The van der Waals surface area contributed by atoms with Crippen LogP contribution in [0.25, 0.3) is 0 Å². The van der Waals surface area contributed by atoms with E-state index < -0.39 is 9.84 Å². The fourth-order valence-electron chi connectivity index (χ4n) is 1.68. The Morgan fingerprint density at radius 2 is 2.00 bits per heavy atom. The van der Waals surface area contributed by atoms with Gasteiger partial charge in [0, 0.05) is 6.04 Å². The van der Waals surface area contributed by atoms with Gasteiger partial charge in [0.15, 0.2) is 9.84 Å². The predicted octanol–water partition coefficient (Wildman–Crippen LogP) is 0.547. The topological polar surface area (TPSA) is 60.2 Å². The molecule has 0 aromatic carbocycles. The molecule has 4 heteroatoms. The molecule has 2 N–H and O–H groups in total. The van der Waals surface area contributed by atoms with Crippen molar-refractivity contribution in [3.05, 3.63) is 0 Å². The van der Waals surface area contributed by atoms with Crippen molar-refractivity contribution in [1.29, 1.82) is 0 Å². The van der Waals surface area contributed by atoms with Crippen LogP contribution in [0.1, 0.15) is 26.7 Å². The Balaban J connectivity index is 2.76. The first-order valence-electron chi connectivity index (χ1n) is 4.42. The minimum Gasteiger partial charge on any atom is -0.326 e. The molecule has 0 amide bonds. The van der Waals surface area contributed by atoms with Gasteiger partial charge in [-0.1, -0.05) is 13.8 Å². The first-order valence-corrected chi connectivity index (χ1v) is 6.14. The van der Waals surface area contributed by atoms with Crippen molar-refractivity contribution in [2.24, 2.45) is 11.7 Å². The first kappa shape index (κ1) is 9.99. The standard InChI is InChI=1S/C8H17NO2S/c1-6(2)8(9)7-4-3-5-12(7,10)11/h6-8H,3-5,9H2,1-2H3/t7-,8-/m1/s1. The lowest BCUT2D eigenvalue weighted by Crippen LogP contribution is -2.41. The van der Waals surface area contributed by atoms with Gasteiger partial charge >= 0.3 is 0 Å². The third-order valence-electron chi connectivity index (χ3n) is 2.58. The molecule has 0 spiro atoms. The van der Waals surface area contributed by atoms with Crippen LogP contribution in [0.2, 0.25) is 0 Å². The highest BCUT2D eigenvalue weighted by molar-refractivity contribution is 7.92. The maximum atomic E-state index is 11.4. The van der Waals surface area contributed by atoms with Gasteiger partial charge in [-0.15, -0.1) is 0 Å². The molecule has 0 aromatic rings. The van der Waals surface area contributed by atoms with Crippen LogP contribution in [0, 0.1) is 5.92 Å². The molecule has 72 valence electrons. The van der Waals surface area contributed by atoms with Crippen LogP contribution in [-0.2, 0) is 9.84 Å². The summed E-state index contributed by atoms with van der Waals surface area (Å²) in [6.45, 7) is 3.94. The molecule has 0 radical (unpaired) electrons. The molecule has 1 aliphatic rings. The first-order chi connectivity index (χ1) is 5.45. The van der Waals surface area contributed by atoms with Gasteiger partial charge in [-0.2, -0.15) is 0 Å². The normalized spacial score (nSPS) is 30.8. The zero-order chi connectivity index (χ0) is 9.35. The lowest BCUT2D eigenvalue weighted by atomic mass is 9.99. The van der Waals surface area contributed by atoms with Gasteiger partial charge in [0.1, 0.15) is 0 Å². The highest BCUT2D eigenvalue weighted by Crippen LogP contribution is 2.24. The Kier molecular flexibility index (Phi) is 2.78. The van der Waals surface area contributed by atoms with Crippen molar-refractivity contribution >= 4 is 9.84 Å². The molecule has 1 heterocycles. The quantitative estimate of drug-likeness (QED) is 0.693. The van der Waals surface area contributed by atoms with Gasteiger partial charge in [0.05, 0.1) is 11.0 Å². The highest BCUT2D eigenvalue weighted by Gasteiger charge is 2.36. The van der Waals surface area contributed by atoms with Gasteiger partial charge in [-0.3, -0.25) is 0 Å². The molecular formula is C8H17NO2S. The number of hydrogen-bond acceptors (Lipinski definition) is 3. The summed E-state index contributed by atoms with van der Waals surface area (Å²) in [4.78, 5) is 0. The lowest BCUT2D eigenvalue weighted by Gasteiger charge is -2.21. The van der Waals surface area contributed by atoms with Crippen molar-refractivity contribution in [1.82, 2.24) is 0 Å². The van der Waals surface area contributed by atoms with Crippen LogP contribution in [-0.4, -0.2) is 25.5 Å². The Bertz CT molecular complexity index is 246. The van der Waals surface area contributed by atoms with E-state index in [1.807, 2.05) is 13.8 Å². The summed E-state index contributed by atoms with van der Waals surface area (Å²) in [6, 6.07) is -0.183. The summed E-state index contributed by atoms with van der Waals surface area (Å²) in [5.41, 5.74) is 5.82. The summed E-state index contributed by atoms with van der Waals surface area (Å²) >= 11 is 0. The molecule has 0 aromatic heterocycles. The molecule has 1 aliphatic heterocycles. The zero-order valence-electron chi connectivity index (χ0n) is 7.66. The van der Waals surface area contributed by atoms with Crippen molar-refractivity contribution in [3.8, 4) is 0 Å². The average Bonchev–Trinajstić information content (AvgIpc) is 2.27. The molecule has 0 aliphatic carbocycles. The monoisotopic (exact) mass is 191 g/mol. The maximum absolute atomic E-state index is 11.4. The van der Waals surface area contributed by atoms with E-state index in [2.05, 4.69) is 0 Å². The van der Waals surface area contributed by atoms with Gasteiger partial charge in [-0.25, -0.2) is 8.42 Å². The van der Waals surface area contributed by atoms with E-state index in [-0.39, 0.29) is 17.2 Å². The van der Waals surface area contributed by atoms with E-state index in [9.17, 15) is 8.42 Å². The SMILES string of the molecule is CC(C)[C@@H](N)[C@H]1CCCS1(=O)=O. The van der Waals surface area contributed by atoms with Crippen LogP contribution >= 0.6 is 0 Å². The largest absolute Gasteiger partial charge is 0.326 e. The molecule has 0 unspecified atom stereocenters. The third kappa shape index (κ3) is 1.80. The fraction of sp³-hybridized carbons (Fsp3) is 1.00. The van der Waals surface area contributed by atoms with Crippen LogP contribution in [0.15, 0.2) is 0 Å². The maximum Gasteiger partial charge on any atom is 0.154 e. The third-order valence-corrected chi connectivity index (χ3v) is 4.91. The predicted molar refractivity (Wildman–Crippen MR) is 49.6 cm³/mol. The summed E-state index contributed by atoms with van der Waals surface area (Å²) in [6.07, 6.45) is 1.54. The van der Waals surface area contributed by atoms with Crippen LogP contribution < -0.4 is 5.73 Å². The van der Waals surface area contributed by atoms with E-state index in [1.165, 1.54) is 0 Å². The highest BCUT2D eigenvalue weighted by atomic mass is 32.2. The summed E-state index contributed by atoms with van der Waals surface area (Å²) < 4.78 is 22.9. The minimum absolute atomic E-state index is 0.183. The van der Waals surface area contributed by atoms with Gasteiger partial charge in [0.25, 0.3) is 0 Å². The molecule has 2 atom stereocenters. The molecular weight excluding hydrogens is 174 g/mol. The minimum atomic E-state index is -2.86. The molecule has 1 fully saturated rings. The zero-order valence-corrected chi connectivity index (χ0v) is 8.47. The molecule has 0 bridgehead atoms. The van der Waals surface area contributed by atoms with Crippen LogP contribution in [0.5, 0.6) is 0 Å². The fourth-order valence-corrected chi connectivity index (χ4v) is 3.87. The van der Waals surface area contributed by atoms with Crippen LogP contribution in [0.3, 0.4) is 0 Å². The number of hydrogen-bond donors (Lipinski definition) is 1. The molecule has 1 saturated heterocycles. The van der Waals surface area contributed by atoms with Crippen LogP contribution in [0.4, 0.5) is 0 Å². The average molecular weight is 191 g/mol. The Morgan fingerprint density at radius 3 is 2.33 bits per heavy atom. The van der Waals surface area contributed by atoms with Gasteiger partial charge in [-0.05, 0) is 18.8 Å². The second kappa shape index (κ2) is 3.34. The van der Waals surface area contributed by atoms with Crippen molar-refractivity contribution in [2.75, 3.05) is 5.75 Å². The summed E-state index contributed by atoms with van der Waals surface area (Å²) in [7, 11) is -2.86. The van der Waals surface area contributed by atoms with Gasteiger partial charge < -0.3 is 5.73 Å². The van der Waals surface area contributed by atoms with E-state index >= 15 is 0 Å². The number of nitrogens with two attached hydrogens (primary N) is 1. The molecule has 12 heavy (non-hydrogen) atoms. The van der Waals surface area contributed by atoms with Crippen molar-refractivity contribution in [2.45, 2.75) is 38.0 Å².